The fourth-order valence-corrected chi connectivity index (χ4v) is 2.78. The number of rotatable bonds is 5. The molecular formula is C16H23NO. The Morgan fingerprint density at radius 2 is 2.11 bits per heavy atom. The number of amides is 1. The van der Waals surface area contributed by atoms with Gasteiger partial charge in [0.1, 0.15) is 0 Å². The van der Waals surface area contributed by atoms with Gasteiger partial charge in [-0.15, -0.1) is 0 Å². The molecule has 2 heteroatoms. The number of hydrogen-bond acceptors (Lipinski definition) is 1. The Bertz CT molecular complexity index is 374. The number of hydrogen-bond donors (Lipinski definition) is 0. The number of carbonyl (C=O) groups is 1. The fraction of sp³-hybridized carbons (Fsp3) is 0.562. The zero-order valence-corrected chi connectivity index (χ0v) is 11.3. The van der Waals surface area contributed by atoms with E-state index < -0.39 is 0 Å². The van der Waals surface area contributed by atoms with Crippen molar-refractivity contribution in [1.29, 1.82) is 0 Å². The van der Waals surface area contributed by atoms with Crippen molar-refractivity contribution in [1.82, 2.24) is 4.90 Å². The average Bonchev–Trinajstić information content (AvgIpc) is 2.86. The first-order valence-corrected chi connectivity index (χ1v) is 7.14. The van der Waals surface area contributed by atoms with Crippen LogP contribution >= 0.6 is 0 Å². The van der Waals surface area contributed by atoms with Gasteiger partial charge < -0.3 is 4.90 Å². The molecule has 0 saturated carbocycles. The van der Waals surface area contributed by atoms with Crippen molar-refractivity contribution >= 4 is 5.91 Å². The van der Waals surface area contributed by atoms with Crippen LogP contribution in [0.5, 0.6) is 0 Å². The summed E-state index contributed by atoms with van der Waals surface area (Å²) < 4.78 is 0. The van der Waals surface area contributed by atoms with Crippen LogP contribution in [-0.4, -0.2) is 23.4 Å². The summed E-state index contributed by atoms with van der Waals surface area (Å²) in [6.45, 7) is 3.17. The molecule has 1 saturated heterocycles. The zero-order chi connectivity index (χ0) is 12.8. The quantitative estimate of drug-likeness (QED) is 0.778. The summed E-state index contributed by atoms with van der Waals surface area (Å²) in [6.07, 6.45) is 6.56. The highest BCUT2D eigenvalue weighted by molar-refractivity contribution is 5.79. The minimum absolute atomic E-state index is 0.305. The second-order valence-electron chi connectivity index (χ2n) is 5.19. The van der Waals surface area contributed by atoms with Crippen molar-refractivity contribution in [3.8, 4) is 0 Å². The summed E-state index contributed by atoms with van der Waals surface area (Å²) in [5.74, 6) is 0.305. The van der Waals surface area contributed by atoms with Crippen molar-refractivity contribution in [2.24, 2.45) is 0 Å². The Hall–Kier alpha value is -1.31. The SMILES string of the molecule is CCCCC1CCCN1C(=O)Cc1ccccc1. The second-order valence-corrected chi connectivity index (χ2v) is 5.19. The van der Waals surface area contributed by atoms with Crippen molar-refractivity contribution in [2.75, 3.05) is 6.54 Å². The normalized spacial score (nSPS) is 19.2. The fourth-order valence-electron chi connectivity index (χ4n) is 2.78. The van der Waals surface area contributed by atoms with E-state index in [0.29, 0.717) is 18.4 Å². The third kappa shape index (κ3) is 3.34. The lowest BCUT2D eigenvalue weighted by atomic mass is 10.1. The van der Waals surface area contributed by atoms with Gasteiger partial charge in [0.15, 0.2) is 0 Å². The molecule has 1 amide bonds. The Labute approximate surface area is 110 Å². The summed E-state index contributed by atoms with van der Waals surface area (Å²) in [5, 5.41) is 0. The number of unbranched alkanes of at least 4 members (excludes halogenated alkanes) is 1. The van der Waals surface area contributed by atoms with Crippen LogP contribution in [-0.2, 0) is 11.2 Å². The molecule has 1 fully saturated rings. The van der Waals surface area contributed by atoms with Crippen LogP contribution in [0.3, 0.4) is 0 Å². The van der Waals surface area contributed by atoms with Gasteiger partial charge in [-0.2, -0.15) is 0 Å². The molecule has 1 atom stereocenters. The van der Waals surface area contributed by atoms with Crippen LogP contribution in [0.25, 0.3) is 0 Å². The molecular weight excluding hydrogens is 222 g/mol. The van der Waals surface area contributed by atoms with E-state index in [1.165, 1.54) is 32.1 Å². The Balaban J connectivity index is 1.91. The van der Waals surface area contributed by atoms with Crippen molar-refractivity contribution in [2.45, 2.75) is 51.5 Å². The van der Waals surface area contributed by atoms with Gasteiger partial charge in [-0.3, -0.25) is 4.79 Å². The first-order valence-electron chi connectivity index (χ1n) is 7.14. The van der Waals surface area contributed by atoms with E-state index in [9.17, 15) is 4.79 Å². The van der Waals surface area contributed by atoms with Crippen molar-refractivity contribution in [3.63, 3.8) is 0 Å². The number of carbonyl (C=O) groups excluding carboxylic acids is 1. The molecule has 1 aliphatic rings. The van der Waals surface area contributed by atoms with Gasteiger partial charge in [-0.05, 0) is 24.8 Å². The maximum atomic E-state index is 12.3. The molecule has 0 N–H and O–H groups in total. The third-order valence-electron chi connectivity index (χ3n) is 3.79. The summed E-state index contributed by atoms with van der Waals surface area (Å²) in [4.78, 5) is 14.4. The molecule has 1 aliphatic heterocycles. The minimum atomic E-state index is 0.305. The number of likely N-dealkylation sites (tertiary alicyclic amines) is 1. The molecule has 98 valence electrons. The van der Waals surface area contributed by atoms with E-state index in [4.69, 9.17) is 0 Å². The van der Waals surface area contributed by atoms with Gasteiger partial charge in [-0.25, -0.2) is 0 Å². The Kier molecular flexibility index (Phi) is 4.80. The van der Waals surface area contributed by atoms with Crippen molar-refractivity contribution in [3.05, 3.63) is 35.9 Å². The molecule has 0 aliphatic carbocycles. The highest BCUT2D eigenvalue weighted by Crippen LogP contribution is 2.22. The van der Waals surface area contributed by atoms with Gasteiger partial charge in [0.2, 0.25) is 5.91 Å². The molecule has 1 aromatic carbocycles. The molecule has 1 aromatic rings. The summed E-state index contributed by atoms with van der Waals surface area (Å²) >= 11 is 0. The maximum Gasteiger partial charge on any atom is 0.227 e. The number of benzene rings is 1. The van der Waals surface area contributed by atoms with Gasteiger partial charge in [0.05, 0.1) is 6.42 Å². The topological polar surface area (TPSA) is 20.3 Å². The highest BCUT2D eigenvalue weighted by Gasteiger charge is 2.27. The average molecular weight is 245 g/mol. The summed E-state index contributed by atoms with van der Waals surface area (Å²) in [7, 11) is 0. The van der Waals surface area contributed by atoms with E-state index in [-0.39, 0.29) is 0 Å². The smallest absolute Gasteiger partial charge is 0.227 e. The molecule has 1 unspecified atom stereocenters. The molecule has 0 aromatic heterocycles. The Morgan fingerprint density at radius 1 is 1.33 bits per heavy atom. The Morgan fingerprint density at radius 3 is 2.83 bits per heavy atom. The monoisotopic (exact) mass is 245 g/mol. The van der Waals surface area contributed by atoms with Gasteiger partial charge in [-0.1, -0.05) is 50.1 Å². The standard InChI is InChI=1S/C16H23NO/c1-2-3-10-15-11-7-12-17(15)16(18)13-14-8-5-4-6-9-14/h4-6,8-9,15H,2-3,7,10-13H2,1H3. The lowest BCUT2D eigenvalue weighted by molar-refractivity contribution is -0.131. The summed E-state index contributed by atoms with van der Waals surface area (Å²) in [6, 6.07) is 10.6. The highest BCUT2D eigenvalue weighted by atomic mass is 16.2. The molecule has 2 rings (SSSR count). The lowest BCUT2D eigenvalue weighted by Gasteiger charge is -2.24. The van der Waals surface area contributed by atoms with Crippen LogP contribution in [0.1, 0.15) is 44.6 Å². The second kappa shape index (κ2) is 6.58. The molecule has 0 spiro atoms. The molecule has 18 heavy (non-hydrogen) atoms. The van der Waals surface area contributed by atoms with Crippen LogP contribution < -0.4 is 0 Å². The molecule has 1 heterocycles. The predicted octanol–water partition coefficient (Wildman–Crippen LogP) is 3.41. The largest absolute Gasteiger partial charge is 0.339 e. The van der Waals surface area contributed by atoms with Crippen LogP contribution in [0, 0.1) is 0 Å². The summed E-state index contributed by atoms with van der Waals surface area (Å²) in [5.41, 5.74) is 1.13. The maximum absolute atomic E-state index is 12.3. The van der Waals surface area contributed by atoms with E-state index >= 15 is 0 Å². The molecule has 0 radical (unpaired) electrons. The van der Waals surface area contributed by atoms with Crippen LogP contribution in [0.15, 0.2) is 30.3 Å². The van der Waals surface area contributed by atoms with Crippen LogP contribution in [0.2, 0.25) is 0 Å². The first-order chi connectivity index (χ1) is 8.81. The van der Waals surface area contributed by atoms with Gasteiger partial charge in [0, 0.05) is 12.6 Å². The number of nitrogens with zero attached hydrogens (tertiary/aromatic N) is 1. The van der Waals surface area contributed by atoms with Gasteiger partial charge in [0.25, 0.3) is 0 Å². The molecule has 2 nitrogen and oxygen atoms in total. The minimum Gasteiger partial charge on any atom is -0.339 e. The van der Waals surface area contributed by atoms with E-state index in [0.717, 1.165) is 12.1 Å². The van der Waals surface area contributed by atoms with E-state index in [1.807, 2.05) is 30.3 Å². The van der Waals surface area contributed by atoms with E-state index in [2.05, 4.69) is 11.8 Å². The zero-order valence-electron chi connectivity index (χ0n) is 11.3. The van der Waals surface area contributed by atoms with Gasteiger partial charge >= 0.3 is 0 Å². The lowest BCUT2D eigenvalue weighted by Crippen LogP contribution is -2.36. The van der Waals surface area contributed by atoms with Crippen molar-refractivity contribution < 1.29 is 4.79 Å². The first kappa shape index (κ1) is 13.1. The third-order valence-corrected chi connectivity index (χ3v) is 3.79. The predicted molar refractivity (Wildman–Crippen MR) is 74.4 cm³/mol. The van der Waals surface area contributed by atoms with Crippen LogP contribution in [0.4, 0.5) is 0 Å². The van der Waals surface area contributed by atoms with E-state index in [1.54, 1.807) is 0 Å². The molecule has 0 bridgehead atoms.